The second-order valence-corrected chi connectivity index (χ2v) is 7.16. The molecule has 0 aliphatic rings. The van der Waals surface area contributed by atoms with Crippen molar-refractivity contribution in [2.24, 2.45) is 0 Å². The van der Waals surface area contributed by atoms with Crippen molar-refractivity contribution in [2.45, 2.75) is 25.2 Å². The number of sulfonamides is 1. The Bertz CT molecular complexity index is 835. The lowest BCUT2D eigenvalue weighted by atomic mass is 10.2. The van der Waals surface area contributed by atoms with Gasteiger partial charge < -0.3 is 9.47 Å². The molecule has 0 unspecified atom stereocenters. The molecule has 0 aliphatic carbocycles. The molecule has 0 heterocycles. The number of hydrogen-bond donors (Lipinski definition) is 2. The minimum atomic E-state index is -3.85. The summed E-state index contributed by atoms with van der Waals surface area (Å²) in [4.78, 5) is 13.9. The summed E-state index contributed by atoms with van der Waals surface area (Å²) in [6.07, 6.45) is 0.0136. The molecule has 8 heteroatoms. The number of rotatable bonds is 9. The van der Waals surface area contributed by atoms with Crippen LogP contribution in [0.5, 0.6) is 11.5 Å². The van der Waals surface area contributed by atoms with Crippen LogP contribution in [0.25, 0.3) is 0 Å². The van der Waals surface area contributed by atoms with Crippen molar-refractivity contribution in [3.05, 3.63) is 54.1 Å². The molecule has 140 valence electrons. The number of carbonyl (C=O) groups excluding carboxylic acids is 1. The average Bonchev–Trinajstić information content (AvgIpc) is 2.61. The van der Waals surface area contributed by atoms with E-state index in [1.165, 1.54) is 12.1 Å². The highest BCUT2D eigenvalue weighted by molar-refractivity contribution is 7.89. The van der Waals surface area contributed by atoms with E-state index in [1.54, 1.807) is 18.2 Å². The molecule has 2 aromatic rings. The van der Waals surface area contributed by atoms with Crippen molar-refractivity contribution < 1.29 is 22.7 Å². The highest BCUT2D eigenvalue weighted by Crippen LogP contribution is 2.15. The molecule has 0 aliphatic heterocycles. The van der Waals surface area contributed by atoms with E-state index in [9.17, 15) is 13.2 Å². The molecule has 0 saturated carbocycles. The van der Waals surface area contributed by atoms with Crippen LogP contribution in [0.4, 0.5) is 0 Å². The first-order chi connectivity index (χ1) is 12.4. The van der Waals surface area contributed by atoms with Gasteiger partial charge in [0.1, 0.15) is 11.5 Å². The Hall–Kier alpha value is -2.58. The first-order valence-corrected chi connectivity index (χ1v) is 9.62. The van der Waals surface area contributed by atoms with E-state index in [0.29, 0.717) is 18.1 Å². The maximum absolute atomic E-state index is 12.1. The number of hydrogen-bond acceptors (Lipinski definition) is 5. The summed E-state index contributed by atoms with van der Waals surface area (Å²) in [5, 5.41) is 0. The van der Waals surface area contributed by atoms with Gasteiger partial charge >= 0.3 is 0 Å². The Labute approximate surface area is 153 Å². The second-order valence-electron chi connectivity index (χ2n) is 5.47. The molecule has 26 heavy (non-hydrogen) atoms. The molecule has 0 saturated heterocycles. The lowest BCUT2D eigenvalue weighted by Crippen LogP contribution is -2.41. The molecule has 0 fully saturated rings. The van der Waals surface area contributed by atoms with Crippen LogP contribution < -0.4 is 19.7 Å². The summed E-state index contributed by atoms with van der Waals surface area (Å²) in [6, 6.07) is 13.4. The van der Waals surface area contributed by atoms with Crippen molar-refractivity contribution in [1.29, 1.82) is 0 Å². The molecule has 0 aromatic heterocycles. The summed E-state index contributed by atoms with van der Waals surface area (Å²) in [5.41, 5.74) is 3.22. The number of carbonyl (C=O) groups is 1. The smallest absolute Gasteiger partial charge is 0.257 e. The van der Waals surface area contributed by atoms with Gasteiger partial charge in [-0.05, 0) is 55.8 Å². The van der Waals surface area contributed by atoms with E-state index in [0.717, 1.165) is 5.56 Å². The van der Waals surface area contributed by atoms with Crippen molar-refractivity contribution in [2.75, 3.05) is 13.2 Å². The zero-order valence-electron chi connectivity index (χ0n) is 14.7. The van der Waals surface area contributed by atoms with Gasteiger partial charge in [0.15, 0.2) is 0 Å². The Morgan fingerprint density at radius 2 is 1.77 bits per heavy atom. The maximum atomic E-state index is 12.1. The van der Waals surface area contributed by atoms with Crippen LogP contribution in [0.2, 0.25) is 0 Å². The Morgan fingerprint density at radius 1 is 1.04 bits per heavy atom. The molecular weight excluding hydrogens is 356 g/mol. The fourth-order valence-electron chi connectivity index (χ4n) is 2.09. The zero-order chi connectivity index (χ0) is 19.0. The van der Waals surface area contributed by atoms with Crippen LogP contribution in [0, 0.1) is 6.92 Å². The fraction of sp³-hybridized carbons (Fsp3) is 0.278. The predicted molar refractivity (Wildman–Crippen MR) is 97.4 cm³/mol. The second kappa shape index (κ2) is 9.21. The molecular formula is C18H22N2O5S. The summed E-state index contributed by atoms with van der Waals surface area (Å²) >= 11 is 0. The molecule has 0 atom stereocenters. The molecule has 0 bridgehead atoms. The molecule has 0 spiro atoms. The first kappa shape index (κ1) is 19.7. The number of benzene rings is 2. The van der Waals surface area contributed by atoms with Gasteiger partial charge in [-0.25, -0.2) is 8.42 Å². The molecule has 7 nitrogen and oxygen atoms in total. The quantitative estimate of drug-likeness (QED) is 0.652. The van der Waals surface area contributed by atoms with E-state index in [4.69, 9.17) is 9.47 Å². The molecule has 2 N–H and O–H groups in total. The number of amides is 1. The summed E-state index contributed by atoms with van der Waals surface area (Å²) in [6.45, 7) is 4.41. The fourth-order valence-corrected chi connectivity index (χ4v) is 2.95. The van der Waals surface area contributed by atoms with Crippen molar-refractivity contribution in [3.8, 4) is 11.5 Å². The van der Waals surface area contributed by atoms with Gasteiger partial charge in [-0.2, -0.15) is 0 Å². The van der Waals surface area contributed by atoms with Crippen LogP contribution in [0.1, 0.15) is 18.9 Å². The number of ether oxygens (including phenoxy) is 2. The number of aryl methyl sites for hydroxylation is 1. The van der Waals surface area contributed by atoms with Gasteiger partial charge in [-0.1, -0.05) is 12.1 Å². The number of hydrazine groups is 1. The Morgan fingerprint density at radius 3 is 2.42 bits per heavy atom. The Balaban J connectivity index is 1.80. The molecule has 2 aromatic carbocycles. The van der Waals surface area contributed by atoms with Crippen LogP contribution >= 0.6 is 0 Å². The molecule has 2 rings (SSSR count). The SMILES string of the molecule is CCOc1ccc(S(=O)(=O)NNC(=O)CCOc2cccc(C)c2)cc1. The van der Waals surface area contributed by atoms with E-state index in [2.05, 4.69) is 10.3 Å². The number of nitrogens with one attached hydrogen (secondary N) is 2. The van der Waals surface area contributed by atoms with Gasteiger partial charge in [0.05, 0.1) is 24.5 Å². The highest BCUT2D eigenvalue weighted by atomic mass is 32.2. The highest BCUT2D eigenvalue weighted by Gasteiger charge is 2.15. The zero-order valence-corrected chi connectivity index (χ0v) is 15.5. The first-order valence-electron chi connectivity index (χ1n) is 8.13. The van der Waals surface area contributed by atoms with Gasteiger partial charge in [0, 0.05) is 0 Å². The van der Waals surface area contributed by atoms with Crippen LogP contribution in [-0.4, -0.2) is 27.5 Å². The summed E-state index contributed by atoms with van der Waals surface area (Å²) in [5.74, 6) is 0.740. The monoisotopic (exact) mass is 378 g/mol. The topological polar surface area (TPSA) is 93.7 Å². The van der Waals surface area contributed by atoms with E-state index in [1.807, 2.05) is 32.0 Å². The molecule has 0 radical (unpaired) electrons. The minimum Gasteiger partial charge on any atom is -0.494 e. The third kappa shape index (κ3) is 6.05. The van der Waals surface area contributed by atoms with E-state index < -0.39 is 15.9 Å². The standard InChI is InChI=1S/C18H22N2O5S/c1-3-24-15-7-9-17(10-8-15)26(22,23)20-19-18(21)11-12-25-16-6-4-5-14(2)13-16/h4-10,13,20H,3,11-12H2,1-2H3,(H,19,21). The third-order valence-electron chi connectivity index (χ3n) is 3.36. The van der Waals surface area contributed by atoms with Gasteiger partial charge in [0.25, 0.3) is 10.0 Å². The normalized spacial score (nSPS) is 11.0. The minimum absolute atomic E-state index is 0.0136. The predicted octanol–water partition coefficient (Wildman–Crippen LogP) is 2.17. The summed E-state index contributed by atoms with van der Waals surface area (Å²) in [7, 11) is -3.85. The molecule has 1 amide bonds. The van der Waals surface area contributed by atoms with Gasteiger partial charge in [0.2, 0.25) is 5.91 Å². The van der Waals surface area contributed by atoms with Crippen LogP contribution in [0.15, 0.2) is 53.4 Å². The van der Waals surface area contributed by atoms with Crippen LogP contribution in [0.3, 0.4) is 0 Å². The van der Waals surface area contributed by atoms with Crippen molar-refractivity contribution >= 4 is 15.9 Å². The van der Waals surface area contributed by atoms with Crippen LogP contribution in [-0.2, 0) is 14.8 Å². The lowest BCUT2D eigenvalue weighted by molar-refractivity contribution is -0.122. The van der Waals surface area contributed by atoms with Crippen molar-refractivity contribution in [3.63, 3.8) is 0 Å². The average molecular weight is 378 g/mol. The van der Waals surface area contributed by atoms with Crippen molar-refractivity contribution in [1.82, 2.24) is 10.3 Å². The Kier molecular flexibility index (Phi) is 6.99. The van der Waals surface area contributed by atoms with Gasteiger partial charge in [-0.15, -0.1) is 4.83 Å². The largest absolute Gasteiger partial charge is 0.494 e. The van der Waals surface area contributed by atoms with E-state index >= 15 is 0 Å². The van der Waals surface area contributed by atoms with Gasteiger partial charge in [-0.3, -0.25) is 10.2 Å². The van der Waals surface area contributed by atoms with E-state index in [-0.39, 0.29) is 17.9 Å². The lowest BCUT2D eigenvalue weighted by Gasteiger charge is -2.10. The summed E-state index contributed by atoms with van der Waals surface area (Å²) < 4.78 is 35.0. The third-order valence-corrected chi connectivity index (χ3v) is 4.62. The maximum Gasteiger partial charge on any atom is 0.257 e.